The predicted molar refractivity (Wildman–Crippen MR) is 122 cm³/mol. The number of carbonyl (C=O) groups is 2. The van der Waals surface area contributed by atoms with E-state index < -0.39 is 39.0 Å². The van der Waals surface area contributed by atoms with Crippen molar-refractivity contribution in [2.24, 2.45) is 0 Å². The van der Waals surface area contributed by atoms with Crippen molar-refractivity contribution in [1.29, 1.82) is 0 Å². The normalized spacial score (nSPS) is 20.6. The number of carbonyl (C=O) groups excluding carboxylic acids is 2. The van der Waals surface area contributed by atoms with Crippen LogP contribution < -0.4 is 9.64 Å². The van der Waals surface area contributed by atoms with Crippen molar-refractivity contribution in [3.05, 3.63) is 52.3 Å². The van der Waals surface area contributed by atoms with E-state index in [-0.39, 0.29) is 23.0 Å². The molecule has 0 amide bonds. The van der Waals surface area contributed by atoms with Gasteiger partial charge in [-0.25, -0.2) is 8.42 Å². The van der Waals surface area contributed by atoms with Gasteiger partial charge in [0.1, 0.15) is 24.2 Å². The molecule has 1 aliphatic heterocycles. The van der Waals surface area contributed by atoms with Gasteiger partial charge in [-0.05, 0) is 19.1 Å². The van der Waals surface area contributed by atoms with Gasteiger partial charge in [0.25, 0.3) is 0 Å². The Morgan fingerprint density at radius 1 is 1.25 bits per heavy atom. The third kappa shape index (κ3) is 9.07. The van der Waals surface area contributed by atoms with Crippen LogP contribution in [0.25, 0.3) is 0 Å². The van der Waals surface area contributed by atoms with Crippen LogP contribution in [0.2, 0.25) is 0 Å². The van der Waals surface area contributed by atoms with Gasteiger partial charge in [-0.1, -0.05) is 30.0 Å². The molecular weight excluding hydrogens is 531 g/mol. The quantitative estimate of drug-likeness (QED) is 0.118. The molecule has 0 aliphatic carbocycles. The van der Waals surface area contributed by atoms with E-state index >= 15 is 0 Å². The summed E-state index contributed by atoms with van der Waals surface area (Å²) in [5, 5.41) is 11.3. The molecule has 3 unspecified atom stereocenters. The number of nitrogens with one attached hydrogen (secondary N) is 1. The van der Waals surface area contributed by atoms with Gasteiger partial charge in [0.2, 0.25) is 11.0 Å². The number of hydrogen-bond acceptors (Lipinski definition) is 10. The zero-order valence-corrected chi connectivity index (χ0v) is 21.4. The predicted octanol–water partition coefficient (Wildman–Crippen LogP) is 1.37. The molecule has 1 aliphatic rings. The van der Waals surface area contributed by atoms with Crippen molar-refractivity contribution in [3.8, 4) is 5.75 Å². The number of halogens is 3. The van der Waals surface area contributed by atoms with E-state index in [1.54, 1.807) is 30.3 Å². The summed E-state index contributed by atoms with van der Waals surface area (Å²) < 4.78 is 64.0. The fourth-order valence-electron chi connectivity index (χ4n) is 2.97. The molecule has 1 aromatic rings. The maximum atomic E-state index is 12.4. The van der Waals surface area contributed by atoms with Crippen LogP contribution in [-0.2, 0) is 19.7 Å². The van der Waals surface area contributed by atoms with Crippen molar-refractivity contribution in [2.75, 3.05) is 19.8 Å². The molecule has 202 valence electrons. The second-order valence-electron chi connectivity index (χ2n) is 7.87. The van der Waals surface area contributed by atoms with Crippen LogP contribution in [0.4, 0.5) is 13.2 Å². The number of Topliss-reactive ketones (excluding diaryl/α,β-unsaturated/α-hetero) is 1. The molecule has 0 aromatic heterocycles. The third-order valence-electron chi connectivity index (χ3n) is 5.26. The Kier molecular flexibility index (Phi) is 10.9. The van der Waals surface area contributed by atoms with Crippen molar-refractivity contribution in [2.45, 2.75) is 43.2 Å². The Morgan fingerprint density at radius 2 is 1.78 bits per heavy atom. The van der Waals surface area contributed by atoms with Crippen LogP contribution >= 0.6 is 11.8 Å². The Hall–Kier alpha value is -2.69. The van der Waals surface area contributed by atoms with Gasteiger partial charge >= 0.3 is 11.5 Å². The molecule has 0 saturated carbocycles. The first-order chi connectivity index (χ1) is 16.4. The first kappa shape index (κ1) is 31.3. The number of rotatable bonds is 9. The van der Waals surface area contributed by atoms with Crippen LogP contribution in [0.15, 0.2) is 42.2 Å². The van der Waals surface area contributed by atoms with E-state index in [0.717, 1.165) is 10.6 Å². The fraction of sp³-hybridized carbons (Fsp3) is 0.500. The number of benzene rings is 1. The molecule has 1 aromatic carbocycles. The molecule has 0 radical (unpaired) electrons. The van der Waals surface area contributed by atoms with Crippen LogP contribution in [-0.4, -0.2) is 70.9 Å². The lowest BCUT2D eigenvalue weighted by molar-refractivity contribution is -0.866. The second-order valence-corrected chi connectivity index (χ2v) is 10.6. The number of quaternary nitrogens is 1. The highest BCUT2D eigenvalue weighted by Gasteiger charge is 2.44. The van der Waals surface area contributed by atoms with Crippen molar-refractivity contribution >= 4 is 33.6 Å². The topological polar surface area (TPSA) is 151 Å². The molecule has 36 heavy (non-hydrogen) atoms. The van der Waals surface area contributed by atoms with E-state index in [2.05, 4.69) is 11.1 Å². The molecule has 1 N–H and O–H groups in total. The number of ketones is 1. The lowest BCUT2D eigenvalue weighted by atomic mass is 10.1. The highest BCUT2D eigenvalue weighted by Crippen LogP contribution is 2.29. The lowest BCUT2D eigenvalue weighted by Gasteiger charge is -2.34. The van der Waals surface area contributed by atoms with Crippen LogP contribution in [0.1, 0.15) is 26.7 Å². The number of ether oxygens (including phenoxy) is 1. The average Bonchev–Trinajstić information content (AvgIpc) is 2.94. The van der Waals surface area contributed by atoms with Gasteiger partial charge in [-0.15, -0.1) is 0 Å². The Morgan fingerprint density at radius 3 is 2.19 bits per heavy atom. The minimum Gasteiger partial charge on any atom is -0.741 e. The first-order valence-electron chi connectivity index (χ1n) is 10.2. The van der Waals surface area contributed by atoms with Crippen molar-refractivity contribution < 1.29 is 50.3 Å². The summed E-state index contributed by atoms with van der Waals surface area (Å²) in [6.45, 7) is 4.02. The van der Waals surface area contributed by atoms with Crippen molar-refractivity contribution in [3.63, 3.8) is 0 Å². The Bertz CT molecular complexity index is 1080. The fourth-order valence-corrected chi connectivity index (χ4v) is 4.16. The lowest BCUT2D eigenvalue weighted by Crippen LogP contribution is -3.12. The largest absolute Gasteiger partial charge is 0.741 e. The number of alkyl halides is 3. The molecule has 2 rings (SSSR count). The smallest absolute Gasteiger partial charge is 0.485 e. The highest BCUT2D eigenvalue weighted by molar-refractivity contribution is 8.01. The minimum atomic E-state index is -6.09. The molecule has 3 atom stereocenters. The van der Waals surface area contributed by atoms with Crippen molar-refractivity contribution in [1.82, 2.24) is 4.90 Å². The van der Waals surface area contributed by atoms with E-state index in [0.29, 0.717) is 5.75 Å². The summed E-state index contributed by atoms with van der Waals surface area (Å²) in [4.78, 5) is 37.9. The van der Waals surface area contributed by atoms with Gasteiger partial charge in [0, 0.05) is 18.9 Å². The molecule has 1 heterocycles. The standard InChI is InChI=1S/C19H25N3O5S.CHF3O3S/c1-14-12-20(3)19(2,21(14)4)28-13-16(23)10-15(22(25)26)11-18(24)27-17-8-6-5-7-9-17;2-1(3,4)8(5,6)7/h5-9,12,15H,10-11,13H2,1-4H3;(H,5,6,7). The van der Waals surface area contributed by atoms with Gasteiger partial charge in [0.15, 0.2) is 10.1 Å². The SMILES string of the molecule is CC1=C[NH+](C)C(C)(SCC(=O)CC(CC(=O)Oc2ccccc2)[N+](=O)[O-])N1C.O=S(=O)([O-])C(F)(F)F. The van der Waals surface area contributed by atoms with E-state index in [1.165, 1.54) is 11.8 Å². The molecular formula is C20H26F3N3O8S2. The summed E-state index contributed by atoms with van der Waals surface area (Å²) >= 11 is 1.44. The molecule has 0 bridgehead atoms. The van der Waals surface area contributed by atoms with Crippen LogP contribution in [0.5, 0.6) is 5.75 Å². The number of nitrogens with zero attached hydrogens (tertiary/aromatic N) is 2. The van der Waals surface area contributed by atoms with Gasteiger partial charge < -0.3 is 14.2 Å². The summed E-state index contributed by atoms with van der Waals surface area (Å²) in [6, 6.07) is 7.06. The zero-order chi connectivity index (χ0) is 27.9. The summed E-state index contributed by atoms with van der Waals surface area (Å²) in [7, 11) is -2.13. The minimum absolute atomic E-state index is 0.136. The van der Waals surface area contributed by atoms with Crippen LogP contribution in [0, 0.1) is 10.1 Å². The number of esters is 1. The molecule has 0 fully saturated rings. The van der Waals surface area contributed by atoms with E-state index in [4.69, 9.17) is 17.7 Å². The maximum absolute atomic E-state index is 12.4. The number of thioether (sulfide) groups is 1. The first-order valence-corrected chi connectivity index (χ1v) is 12.6. The second kappa shape index (κ2) is 12.5. The number of hydrogen-bond donors (Lipinski definition) is 1. The molecule has 0 spiro atoms. The maximum Gasteiger partial charge on any atom is 0.485 e. The van der Waals surface area contributed by atoms with Crippen LogP contribution in [0.3, 0.4) is 0 Å². The Balaban J connectivity index is 0.000000697. The molecule has 11 nitrogen and oxygen atoms in total. The van der Waals surface area contributed by atoms with Gasteiger partial charge in [-0.2, -0.15) is 13.2 Å². The highest BCUT2D eigenvalue weighted by atomic mass is 32.2. The summed E-state index contributed by atoms with van der Waals surface area (Å²) in [5.41, 5.74) is -4.54. The number of allylic oxidation sites excluding steroid dienone is 1. The molecule has 0 saturated heterocycles. The summed E-state index contributed by atoms with van der Waals surface area (Å²) in [5.74, 6) is -0.522. The van der Waals surface area contributed by atoms with Gasteiger partial charge in [-0.3, -0.25) is 24.6 Å². The number of para-hydroxylation sites is 1. The summed E-state index contributed by atoms with van der Waals surface area (Å²) in [6.07, 6.45) is 1.33. The van der Waals surface area contributed by atoms with E-state index in [9.17, 15) is 32.9 Å². The monoisotopic (exact) mass is 557 g/mol. The third-order valence-corrected chi connectivity index (χ3v) is 7.45. The molecule has 16 heteroatoms. The van der Waals surface area contributed by atoms with Gasteiger partial charge in [0.05, 0.1) is 24.9 Å². The average molecular weight is 558 g/mol. The Labute approximate surface area is 210 Å². The zero-order valence-electron chi connectivity index (χ0n) is 19.8. The van der Waals surface area contributed by atoms with E-state index in [1.807, 2.05) is 27.9 Å². The number of nitro groups is 1.